The summed E-state index contributed by atoms with van der Waals surface area (Å²) in [5.41, 5.74) is 4.04. The molecule has 27 heavy (non-hydrogen) atoms. The molecule has 0 bridgehead atoms. The van der Waals surface area contributed by atoms with Gasteiger partial charge in [-0.05, 0) is 59.6 Å². The molecule has 0 aliphatic heterocycles. The van der Waals surface area contributed by atoms with E-state index >= 15 is 0 Å². The summed E-state index contributed by atoms with van der Waals surface area (Å²) < 4.78 is 4.61. The lowest BCUT2D eigenvalue weighted by Crippen LogP contribution is -2.25. The fourth-order valence-electron chi connectivity index (χ4n) is 3.74. The van der Waals surface area contributed by atoms with Gasteiger partial charge in [-0.25, -0.2) is 4.79 Å². The van der Waals surface area contributed by atoms with Crippen molar-refractivity contribution in [2.45, 2.75) is 44.6 Å². The average molecular weight is 364 g/mol. The molecule has 2 N–H and O–H groups in total. The Hall–Kier alpha value is -2.77. The standard InChI is InChI=1S/C23H24O4/c1-23(2)13-5-7-16-17(6-4-8-19(16)23)20(24)12-10-15-9-11-18(21(25)14-15)22(26)27-3/h4,6,8-9,11,14,20,24-25H,5,7,13H2,1-3H3. The predicted molar refractivity (Wildman–Crippen MR) is 104 cm³/mol. The molecular weight excluding hydrogens is 340 g/mol. The number of fused-ring (bicyclic) bond motifs is 1. The molecule has 1 aliphatic carbocycles. The number of phenols is 1. The van der Waals surface area contributed by atoms with Gasteiger partial charge in [-0.2, -0.15) is 0 Å². The summed E-state index contributed by atoms with van der Waals surface area (Å²) in [4.78, 5) is 11.5. The number of carbonyl (C=O) groups is 1. The van der Waals surface area contributed by atoms with E-state index in [4.69, 9.17) is 0 Å². The largest absolute Gasteiger partial charge is 0.507 e. The SMILES string of the molecule is COC(=O)c1ccc(C#CC(O)c2cccc3c2CCCC3(C)C)cc1O. The van der Waals surface area contributed by atoms with Crippen LogP contribution in [0.5, 0.6) is 5.75 Å². The van der Waals surface area contributed by atoms with Crippen molar-refractivity contribution >= 4 is 5.97 Å². The van der Waals surface area contributed by atoms with Gasteiger partial charge in [-0.1, -0.05) is 43.9 Å². The second-order valence-corrected chi connectivity index (χ2v) is 7.51. The van der Waals surface area contributed by atoms with E-state index in [9.17, 15) is 15.0 Å². The quantitative estimate of drug-likeness (QED) is 0.627. The van der Waals surface area contributed by atoms with Gasteiger partial charge in [0.05, 0.1) is 7.11 Å². The van der Waals surface area contributed by atoms with Crippen LogP contribution < -0.4 is 0 Å². The molecule has 2 aromatic carbocycles. The number of rotatable bonds is 2. The van der Waals surface area contributed by atoms with E-state index < -0.39 is 12.1 Å². The van der Waals surface area contributed by atoms with Crippen LogP contribution in [0.25, 0.3) is 0 Å². The summed E-state index contributed by atoms with van der Waals surface area (Å²) in [6.45, 7) is 4.47. The van der Waals surface area contributed by atoms with Crippen LogP contribution in [-0.4, -0.2) is 23.3 Å². The summed E-state index contributed by atoms with van der Waals surface area (Å²) in [7, 11) is 1.26. The number of ether oxygens (including phenoxy) is 1. The number of aliphatic hydroxyl groups excluding tert-OH is 1. The number of methoxy groups -OCH3 is 1. The van der Waals surface area contributed by atoms with Crippen LogP contribution in [0.2, 0.25) is 0 Å². The maximum atomic E-state index is 11.5. The van der Waals surface area contributed by atoms with Crippen molar-refractivity contribution in [2.24, 2.45) is 0 Å². The highest BCUT2D eigenvalue weighted by molar-refractivity contribution is 5.92. The Kier molecular flexibility index (Phi) is 5.25. The van der Waals surface area contributed by atoms with Gasteiger partial charge >= 0.3 is 5.97 Å². The molecular formula is C23H24O4. The van der Waals surface area contributed by atoms with Crippen molar-refractivity contribution in [1.82, 2.24) is 0 Å². The number of esters is 1. The van der Waals surface area contributed by atoms with Crippen molar-refractivity contribution in [1.29, 1.82) is 0 Å². The lowest BCUT2D eigenvalue weighted by Gasteiger charge is -2.34. The highest BCUT2D eigenvalue weighted by atomic mass is 16.5. The number of aliphatic hydroxyl groups is 1. The molecule has 0 saturated heterocycles. The molecule has 3 rings (SSSR count). The maximum absolute atomic E-state index is 11.5. The molecule has 1 atom stereocenters. The number of phenolic OH excluding ortho intramolecular Hbond substituents is 1. The van der Waals surface area contributed by atoms with Crippen molar-refractivity contribution < 1.29 is 19.7 Å². The number of carbonyl (C=O) groups excluding carboxylic acids is 1. The van der Waals surface area contributed by atoms with E-state index in [0.717, 1.165) is 24.8 Å². The molecule has 4 nitrogen and oxygen atoms in total. The number of benzene rings is 2. The first-order valence-electron chi connectivity index (χ1n) is 9.06. The Labute approximate surface area is 159 Å². The van der Waals surface area contributed by atoms with Gasteiger partial charge in [0, 0.05) is 5.56 Å². The zero-order chi connectivity index (χ0) is 19.6. The molecule has 0 spiro atoms. The van der Waals surface area contributed by atoms with Crippen molar-refractivity contribution in [3.05, 3.63) is 64.2 Å². The van der Waals surface area contributed by atoms with Gasteiger partial charge in [0.25, 0.3) is 0 Å². The van der Waals surface area contributed by atoms with Crippen LogP contribution in [0.1, 0.15) is 65.4 Å². The molecule has 2 aromatic rings. The first-order valence-corrected chi connectivity index (χ1v) is 9.06. The second-order valence-electron chi connectivity index (χ2n) is 7.51. The van der Waals surface area contributed by atoms with Gasteiger partial charge in [-0.15, -0.1) is 0 Å². The Bertz CT molecular complexity index is 931. The third-order valence-electron chi connectivity index (χ3n) is 5.22. The lowest BCUT2D eigenvalue weighted by molar-refractivity contribution is 0.0597. The molecule has 0 fully saturated rings. The fraction of sp³-hybridized carbons (Fsp3) is 0.348. The molecule has 0 radical (unpaired) electrons. The topological polar surface area (TPSA) is 66.8 Å². The molecule has 0 saturated carbocycles. The van der Waals surface area contributed by atoms with Gasteiger partial charge in [0.15, 0.2) is 0 Å². The van der Waals surface area contributed by atoms with Crippen LogP contribution in [0.15, 0.2) is 36.4 Å². The van der Waals surface area contributed by atoms with Crippen LogP contribution in [0.4, 0.5) is 0 Å². The highest BCUT2D eigenvalue weighted by Crippen LogP contribution is 2.39. The zero-order valence-electron chi connectivity index (χ0n) is 15.9. The minimum atomic E-state index is -0.906. The van der Waals surface area contributed by atoms with E-state index in [1.807, 2.05) is 12.1 Å². The summed E-state index contributed by atoms with van der Waals surface area (Å²) in [6, 6.07) is 10.5. The predicted octanol–water partition coefficient (Wildman–Crippen LogP) is 3.88. The minimum Gasteiger partial charge on any atom is -0.507 e. The number of hydrogen-bond donors (Lipinski definition) is 2. The Morgan fingerprint density at radius 3 is 2.74 bits per heavy atom. The molecule has 4 heteroatoms. The van der Waals surface area contributed by atoms with Crippen molar-refractivity contribution in [2.75, 3.05) is 7.11 Å². The Morgan fingerprint density at radius 1 is 1.26 bits per heavy atom. The molecule has 140 valence electrons. The number of aromatic hydroxyl groups is 1. The highest BCUT2D eigenvalue weighted by Gasteiger charge is 2.29. The van der Waals surface area contributed by atoms with E-state index in [2.05, 4.69) is 36.5 Å². The van der Waals surface area contributed by atoms with E-state index in [0.29, 0.717) is 5.56 Å². The first-order chi connectivity index (χ1) is 12.8. The van der Waals surface area contributed by atoms with Crippen LogP contribution in [-0.2, 0) is 16.6 Å². The summed E-state index contributed by atoms with van der Waals surface area (Å²) in [6.07, 6.45) is 2.27. The smallest absolute Gasteiger partial charge is 0.341 e. The molecule has 0 amide bonds. The van der Waals surface area contributed by atoms with Crippen LogP contribution >= 0.6 is 0 Å². The number of hydrogen-bond acceptors (Lipinski definition) is 4. The van der Waals surface area contributed by atoms with Gasteiger partial charge < -0.3 is 14.9 Å². The van der Waals surface area contributed by atoms with Gasteiger partial charge in [0.1, 0.15) is 17.4 Å². The monoisotopic (exact) mass is 364 g/mol. The first kappa shape index (κ1) is 19.0. The van der Waals surface area contributed by atoms with Gasteiger partial charge in [0.2, 0.25) is 0 Å². The third kappa shape index (κ3) is 3.84. The van der Waals surface area contributed by atoms with E-state index in [1.54, 1.807) is 6.07 Å². The van der Waals surface area contributed by atoms with Crippen LogP contribution in [0.3, 0.4) is 0 Å². The van der Waals surface area contributed by atoms with E-state index in [-0.39, 0.29) is 16.7 Å². The third-order valence-corrected chi connectivity index (χ3v) is 5.22. The fourth-order valence-corrected chi connectivity index (χ4v) is 3.74. The zero-order valence-corrected chi connectivity index (χ0v) is 15.9. The molecule has 1 aliphatic rings. The van der Waals surface area contributed by atoms with Crippen LogP contribution in [0, 0.1) is 11.8 Å². The van der Waals surface area contributed by atoms with Gasteiger partial charge in [-0.3, -0.25) is 0 Å². The summed E-state index contributed by atoms with van der Waals surface area (Å²) >= 11 is 0. The average Bonchev–Trinajstić information content (AvgIpc) is 2.65. The summed E-state index contributed by atoms with van der Waals surface area (Å²) in [5, 5.41) is 20.6. The molecule has 1 unspecified atom stereocenters. The minimum absolute atomic E-state index is 0.0861. The van der Waals surface area contributed by atoms with E-state index in [1.165, 1.54) is 30.4 Å². The molecule has 0 aromatic heterocycles. The Balaban J connectivity index is 1.89. The van der Waals surface area contributed by atoms with Crippen molar-refractivity contribution in [3.8, 4) is 17.6 Å². The normalized spacial score (nSPS) is 15.9. The summed E-state index contributed by atoms with van der Waals surface area (Å²) in [5.74, 6) is 4.95. The second kappa shape index (κ2) is 7.46. The molecule has 0 heterocycles. The van der Waals surface area contributed by atoms with Crippen molar-refractivity contribution in [3.63, 3.8) is 0 Å². The Morgan fingerprint density at radius 2 is 2.04 bits per heavy atom. The maximum Gasteiger partial charge on any atom is 0.341 e. The lowest BCUT2D eigenvalue weighted by atomic mass is 9.71.